The smallest absolute Gasteiger partial charge is 0.214 e. The van der Waals surface area contributed by atoms with E-state index < -0.39 is 27.0 Å². The molecule has 1 fully saturated rings. The van der Waals surface area contributed by atoms with E-state index >= 15 is 4.39 Å². The van der Waals surface area contributed by atoms with E-state index in [0.717, 1.165) is 11.1 Å². The second-order valence-corrected chi connectivity index (χ2v) is 9.23. The van der Waals surface area contributed by atoms with Gasteiger partial charge in [-0.05, 0) is 49.8 Å². The molecule has 5 heteroatoms. The Kier molecular flexibility index (Phi) is 4.98. The van der Waals surface area contributed by atoms with Crippen molar-refractivity contribution < 1.29 is 12.8 Å². The molecule has 0 bridgehead atoms. The first kappa shape index (κ1) is 18.1. The predicted octanol–water partition coefficient (Wildman–Crippen LogP) is 4.40. The number of halogens is 1. The summed E-state index contributed by atoms with van der Waals surface area (Å²) in [5.74, 6) is 0. The van der Waals surface area contributed by atoms with E-state index in [1.54, 1.807) is 26.0 Å². The Morgan fingerprint density at radius 1 is 1.04 bits per heavy atom. The second kappa shape index (κ2) is 6.89. The maximum Gasteiger partial charge on any atom is 0.214 e. The zero-order valence-electron chi connectivity index (χ0n) is 14.6. The molecule has 0 saturated heterocycles. The molecular weight excluding hydrogens is 337 g/mol. The van der Waals surface area contributed by atoms with E-state index in [1.807, 2.05) is 42.5 Å². The van der Waals surface area contributed by atoms with Gasteiger partial charge in [0.05, 0.1) is 11.3 Å². The van der Waals surface area contributed by atoms with Crippen molar-refractivity contribution in [2.75, 3.05) is 0 Å². The van der Waals surface area contributed by atoms with Crippen LogP contribution in [0, 0.1) is 0 Å². The summed E-state index contributed by atoms with van der Waals surface area (Å²) < 4.78 is 42.6. The molecule has 1 aliphatic rings. The van der Waals surface area contributed by atoms with Crippen LogP contribution in [0.3, 0.4) is 0 Å². The molecule has 3 rings (SSSR count). The zero-order valence-corrected chi connectivity index (χ0v) is 15.4. The van der Waals surface area contributed by atoms with Crippen LogP contribution in [0.1, 0.15) is 38.7 Å². The number of sulfonamides is 1. The minimum atomic E-state index is -3.50. The van der Waals surface area contributed by atoms with Crippen molar-refractivity contribution in [3.63, 3.8) is 0 Å². The quantitative estimate of drug-likeness (QED) is 0.858. The van der Waals surface area contributed by atoms with Crippen LogP contribution in [0.5, 0.6) is 0 Å². The van der Waals surface area contributed by atoms with Gasteiger partial charge in [-0.3, -0.25) is 0 Å². The molecule has 0 radical (unpaired) electrons. The van der Waals surface area contributed by atoms with Crippen molar-refractivity contribution in [1.29, 1.82) is 0 Å². The number of hydrogen-bond donors (Lipinski definition) is 1. The van der Waals surface area contributed by atoms with Crippen molar-refractivity contribution in [2.24, 2.45) is 0 Å². The third kappa shape index (κ3) is 3.62. The molecule has 0 unspecified atom stereocenters. The van der Waals surface area contributed by atoms with Gasteiger partial charge in [0.15, 0.2) is 5.67 Å². The van der Waals surface area contributed by atoms with Crippen molar-refractivity contribution in [3.8, 4) is 11.1 Å². The van der Waals surface area contributed by atoms with Crippen LogP contribution in [0.25, 0.3) is 11.1 Å². The van der Waals surface area contributed by atoms with Crippen LogP contribution in [0.4, 0.5) is 4.39 Å². The highest BCUT2D eigenvalue weighted by Crippen LogP contribution is 2.43. The Morgan fingerprint density at radius 3 is 2.24 bits per heavy atom. The molecule has 1 aliphatic carbocycles. The number of benzene rings is 2. The third-order valence-corrected chi connectivity index (χ3v) is 6.84. The molecule has 1 saturated carbocycles. The Bertz CT molecular complexity index is 819. The third-order valence-electron chi connectivity index (χ3n) is 4.98. The lowest BCUT2D eigenvalue weighted by Crippen LogP contribution is -2.46. The van der Waals surface area contributed by atoms with Crippen LogP contribution in [-0.2, 0) is 15.7 Å². The summed E-state index contributed by atoms with van der Waals surface area (Å²) in [6, 6.07) is 16.6. The summed E-state index contributed by atoms with van der Waals surface area (Å²) in [7, 11) is -3.50. The topological polar surface area (TPSA) is 46.2 Å². The second-order valence-electron chi connectivity index (χ2n) is 6.96. The monoisotopic (exact) mass is 361 g/mol. The van der Waals surface area contributed by atoms with Gasteiger partial charge in [-0.1, -0.05) is 54.6 Å². The van der Waals surface area contributed by atoms with Crippen LogP contribution >= 0.6 is 0 Å². The molecule has 1 N–H and O–H groups in total. The standard InChI is InChI=1S/C20H24FNO2S/c1-15(2)25(23,24)22-19-9-6-14-20(19,21)18-12-10-17(11-13-18)16-7-4-3-5-8-16/h3-5,7-8,10-13,15,19,22H,6,9,14H2,1-2H3/t19-,20-/m1/s1. The fourth-order valence-electron chi connectivity index (χ4n) is 3.37. The van der Waals surface area contributed by atoms with E-state index in [0.29, 0.717) is 24.8 Å². The van der Waals surface area contributed by atoms with E-state index in [-0.39, 0.29) is 0 Å². The zero-order chi connectivity index (χ0) is 18.1. The average Bonchev–Trinajstić information content (AvgIpc) is 2.97. The van der Waals surface area contributed by atoms with Crippen LogP contribution in [-0.4, -0.2) is 19.7 Å². The van der Waals surface area contributed by atoms with Crippen molar-refractivity contribution in [2.45, 2.75) is 50.1 Å². The molecule has 0 spiro atoms. The Labute approximate surface area is 149 Å². The van der Waals surface area contributed by atoms with Gasteiger partial charge in [0.1, 0.15) is 0 Å². The molecule has 2 aromatic rings. The van der Waals surface area contributed by atoms with Gasteiger partial charge in [-0.15, -0.1) is 0 Å². The maximum absolute atomic E-state index is 15.7. The van der Waals surface area contributed by atoms with E-state index in [4.69, 9.17) is 0 Å². The molecule has 25 heavy (non-hydrogen) atoms. The van der Waals surface area contributed by atoms with Gasteiger partial charge in [0.25, 0.3) is 0 Å². The molecule has 0 amide bonds. The Hall–Kier alpha value is -1.72. The van der Waals surface area contributed by atoms with Gasteiger partial charge >= 0.3 is 0 Å². The van der Waals surface area contributed by atoms with Crippen molar-refractivity contribution >= 4 is 10.0 Å². The first-order valence-corrected chi connectivity index (χ1v) is 10.2. The Balaban J connectivity index is 1.86. The van der Waals surface area contributed by atoms with Crippen molar-refractivity contribution in [1.82, 2.24) is 4.72 Å². The fraction of sp³-hybridized carbons (Fsp3) is 0.400. The molecule has 3 nitrogen and oxygen atoms in total. The lowest BCUT2D eigenvalue weighted by molar-refractivity contribution is 0.142. The largest absolute Gasteiger partial charge is 0.237 e. The molecule has 0 heterocycles. The van der Waals surface area contributed by atoms with Gasteiger partial charge in [-0.25, -0.2) is 17.5 Å². The number of nitrogens with one attached hydrogen (secondary N) is 1. The molecule has 0 aliphatic heterocycles. The SMILES string of the molecule is CC(C)S(=O)(=O)N[C@@H]1CCC[C@@]1(F)c1ccc(-c2ccccc2)cc1. The minimum absolute atomic E-state index is 0.336. The maximum atomic E-state index is 15.7. The first-order valence-electron chi connectivity index (χ1n) is 8.69. The summed E-state index contributed by atoms with van der Waals surface area (Å²) in [6.07, 6.45) is 1.52. The van der Waals surface area contributed by atoms with E-state index in [9.17, 15) is 8.42 Å². The molecule has 0 aromatic heterocycles. The number of rotatable bonds is 5. The molecule has 2 aromatic carbocycles. The highest BCUT2D eigenvalue weighted by Gasteiger charge is 2.46. The van der Waals surface area contributed by atoms with Gasteiger partial charge in [-0.2, -0.15) is 0 Å². The fourth-order valence-corrected chi connectivity index (χ4v) is 4.34. The lowest BCUT2D eigenvalue weighted by atomic mass is 9.90. The first-order chi connectivity index (χ1) is 11.8. The minimum Gasteiger partial charge on any atom is -0.237 e. The van der Waals surface area contributed by atoms with Crippen molar-refractivity contribution in [3.05, 3.63) is 60.2 Å². The molecule has 2 atom stereocenters. The van der Waals surface area contributed by atoms with E-state index in [2.05, 4.69) is 4.72 Å². The molecular formula is C20H24FNO2S. The summed E-state index contributed by atoms with van der Waals surface area (Å²) in [6.45, 7) is 3.21. The highest BCUT2D eigenvalue weighted by atomic mass is 32.2. The number of alkyl halides is 1. The summed E-state index contributed by atoms with van der Waals surface area (Å²) in [5, 5.41) is -0.571. The van der Waals surface area contributed by atoms with Crippen LogP contribution in [0.2, 0.25) is 0 Å². The number of hydrogen-bond acceptors (Lipinski definition) is 2. The van der Waals surface area contributed by atoms with Crippen LogP contribution in [0.15, 0.2) is 54.6 Å². The summed E-state index contributed by atoms with van der Waals surface area (Å²) >= 11 is 0. The lowest BCUT2D eigenvalue weighted by Gasteiger charge is -2.29. The van der Waals surface area contributed by atoms with Gasteiger partial charge in [0, 0.05) is 0 Å². The normalized spacial score (nSPS) is 23.9. The average molecular weight is 361 g/mol. The predicted molar refractivity (Wildman–Crippen MR) is 99.5 cm³/mol. The van der Waals surface area contributed by atoms with Gasteiger partial charge in [0.2, 0.25) is 10.0 Å². The molecule has 134 valence electrons. The summed E-state index contributed by atoms with van der Waals surface area (Å²) in [5.41, 5.74) is 0.980. The summed E-state index contributed by atoms with van der Waals surface area (Å²) in [4.78, 5) is 0. The Morgan fingerprint density at radius 2 is 1.64 bits per heavy atom. The van der Waals surface area contributed by atoms with Crippen LogP contribution < -0.4 is 4.72 Å². The van der Waals surface area contributed by atoms with Gasteiger partial charge < -0.3 is 0 Å². The highest BCUT2D eigenvalue weighted by molar-refractivity contribution is 7.90. The van der Waals surface area contributed by atoms with E-state index in [1.165, 1.54) is 0 Å².